The number of anilines is 1. The SMILES string of the molecule is COCCOc1cc(O[C@@H]2C[C@H](C)N(Cc3sc(NC(C)=O)nc3F)C2)ncn1. The zero-order chi connectivity index (χ0) is 20.8. The molecule has 0 spiro atoms. The van der Waals surface area contributed by atoms with Crippen molar-refractivity contribution in [2.24, 2.45) is 0 Å². The highest BCUT2D eigenvalue weighted by Crippen LogP contribution is 2.28. The van der Waals surface area contributed by atoms with E-state index < -0.39 is 5.95 Å². The van der Waals surface area contributed by atoms with Gasteiger partial charge in [0.1, 0.15) is 19.0 Å². The Balaban J connectivity index is 1.56. The van der Waals surface area contributed by atoms with E-state index in [2.05, 4.69) is 32.1 Å². The van der Waals surface area contributed by atoms with Gasteiger partial charge in [0.15, 0.2) is 5.13 Å². The number of carbonyl (C=O) groups excluding carboxylic acids is 1. The van der Waals surface area contributed by atoms with Crippen LogP contribution >= 0.6 is 11.3 Å². The number of ether oxygens (including phenoxy) is 3. The molecular formula is C18H24FN5O4S. The van der Waals surface area contributed by atoms with Crippen molar-refractivity contribution in [1.29, 1.82) is 0 Å². The molecule has 0 unspecified atom stereocenters. The number of halogens is 1. The third-order valence-corrected chi connectivity index (χ3v) is 5.32. The Morgan fingerprint density at radius 1 is 1.38 bits per heavy atom. The normalized spacial score (nSPS) is 19.3. The number of nitrogens with zero attached hydrogens (tertiary/aromatic N) is 4. The van der Waals surface area contributed by atoms with Crippen LogP contribution in [0, 0.1) is 5.95 Å². The molecule has 1 amide bonds. The van der Waals surface area contributed by atoms with Crippen molar-refractivity contribution < 1.29 is 23.4 Å². The van der Waals surface area contributed by atoms with Crippen LogP contribution in [0.1, 0.15) is 25.1 Å². The van der Waals surface area contributed by atoms with Gasteiger partial charge in [-0.15, -0.1) is 0 Å². The molecule has 0 radical (unpaired) electrons. The Morgan fingerprint density at radius 2 is 2.17 bits per heavy atom. The molecule has 1 aliphatic rings. The smallest absolute Gasteiger partial charge is 0.230 e. The first-order chi connectivity index (χ1) is 13.9. The summed E-state index contributed by atoms with van der Waals surface area (Å²) in [5.41, 5.74) is 0. The van der Waals surface area contributed by atoms with Crippen molar-refractivity contribution in [1.82, 2.24) is 19.9 Å². The fourth-order valence-corrected chi connectivity index (χ4v) is 3.95. The van der Waals surface area contributed by atoms with Crippen LogP contribution in [-0.2, 0) is 16.1 Å². The highest BCUT2D eigenvalue weighted by molar-refractivity contribution is 7.15. The number of rotatable bonds is 9. The van der Waals surface area contributed by atoms with E-state index in [-0.39, 0.29) is 23.2 Å². The highest BCUT2D eigenvalue weighted by atomic mass is 32.1. The van der Waals surface area contributed by atoms with Gasteiger partial charge in [-0.2, -0.15) is 9.37 Å². The van der Waals surface area contributed by atoms with Gasteiger partial charge in [-0.1, -0.05) is 11.3 Å². The Morgan fingerprint density at radius 3 is 2.93 bits per heavy atom. The Labute approximate surface area is 172 Å². The molecule has 1 N–H and O–H groups in total. The van der Waals surface area contributed by atoms with Crippen molar-refractivity contribution in [2.75, 3.05) is 32.2 Å². The maximum absolute atomic E-state index is 14.1. The van der Waals surface area contributed by atoms with E-state index in [1.165, 1.54) is 13.3 Å². The van der Waals surface area contributed by atoms with Crippen LogP contribution in [0.3, 0.4) is 0 Å². The van der Waals surface area contributed by atoms with Gasteiger partial charge >= 0.3 is 0 Å². The Bertz CT molecular complexity index is 836. The molecule has 2 aromatic heterocycles. The number of hydrogen-bond acceptors (Lipinski definition) is 9. The van der Waals surface area contributed by atoms with Gasteiger partial charge in [-0.25, -0.2) is 9.97 Å². The summed E-state index contributed by atoms with van der Waals surface area (Å²) in [7, 11) is 1.60. The van der Waals surface area contributed by atoms with Crippen LogP contribution in [0.15, 0.2) is 12.4 Å². The van der Waals surface area contributed by atoms with Crippen molar-refractivity contribution in [3.63, 3.8) is 0 Å². The first-order valence-electron chi connectivity index (χ1n) is 9.22. The highest BCUT2D eigenvalue weighted by Gasteiger charge is 2.32. The van der Waals surface area contributed by atoms with Gasteiger partial charge < -0.3 is 19.5 Å². The lowest BCUT2D eigenvalue weighted by atomic mass is 10.2. The minimum atomic E-state index is -0.552. The largest absolute Gasteiger partial charge is 0.475 e. The van der Waals surface area contributed by atoms with Crippen molar-refractivity contribution >= 4 is 22.4 Å². The average Bonchev–Trinajstić information content (AvgIpc) is 3.17. The van der Waals surface area contributed by atoms with Gasteiger partial charge in [-0.05, 0) is 6.92 Å². The molecule has 11 heteroatoms. The summed E-state index contributed by atoms with van der Waals surface area (Å²) >= 11 is 1.15. The number of likely N-dealkylation sites (tertiary alicyclic amines) is 1. The lowest BCUT2D eigenvalue weighted by molar-refractivity contribution is -0.114. The van der Waals surface area contributed by atoms with E-state index in [0.717, 1.165) is 17.8 Å². The topological polar surface area (TPSA) is 98.7 Å². The molecule has 1 aliphatic heterocycles. The molecule has 29 heavy (non-hydrogen) atoms. The monoisotopic (exact) mass is 425 g/mol. The third kappa shape index (κ3) is 6.05. The second-order valence-corrected chi connectivity index (χ2v) is 7.79. The van der Waals surface area contributed by atoms with Crippen LogP contribution in [0.4, 0.5) is 9.52 Å². The van der Waals surface area contributed by atoms with Crippen LogP contribution in [-0.4, -0.2) is 64.8 Å². The fourth-order valence-electron chi connectivity index (χ4n) is 3.04. The van der Waals surface area contributed by atoms with Crippen LogP contribution in [0.5, 0.6) is 11.8 Å². The zero-order valence-electron chi connectivity index (χ0n) is 16.6. The quantitative estimate of drug-likeness (QED) is 0.610. The summed E-state index contributed by atoms with van der Waals surface area (Å²) in [5, 5.41) is 2.79. The fraction of sp³-hybridized carbons (Fsp3) is 0.556. The molecule has 1 fully saturated rings. The minimum Gasteiger partial charge on any atom is -0.475 e. The summed E-state index contributed by atoms with van der Waals surface area (Å²) in [6, 6.07) is 1.84. The number of nitrogens with one attached hydrogen (secondary N) is 1. The number of carbonyl (C=O) groups is 1. The predicted molar refractivity (Wildman–Crippen MR) is 105 cm³/mol. The van der Waals surface area contributed by atoms with Crippen molar-refractivity contribution in [3.05, 3.63) is 23.2 Å². The Hall–Kier alpha value is -2.37. The average molecular weight is 425 g/mol. The maximum atomic E-state index is 14.1. The first-order valence-corrected chi connectivity index (χ1v) is 10.0. The molecule has 0 bridgehead atoms. The number of thiazole rings is 1. The van der Waals surface area contributed by atoms with Crippen LogP contribution < -0.4 is 14.8 Å². The van der Waals surface area contributed by atoms with Crippen LogP contribution in [0.2, 0.25) is 0 Å². The van der Waals surface area contributed by atoms with E-state index in [4.69, 9.17) is 14.2 Å². The molecule has 0 aromatic carbocycles. The molecular weight excluding hydrogens is 401 g/mol. The van der Waals surface area contributed by atoms with Crippen molar-refractivity contribution in [2.45, 2.75) is 39.0 Å². The lowest BCUT2D eigenvalue weighted by Crippen LogP contribution is -2.28. The second kappa shape index (κ2) is 9.90. The summed E-state index contributed by atoms with van der Waals surface area (Å²) in [4.78, 5) is 25.7. The molecule has 2 aromatic rings. The number of methoxy groups -OCH3 is 1. The van der Waals surface area contributed by atoms with E-state index >= 15 is 0 Å². The van der Waals surface area contributed by atoms with E-state index in [9.17, 15) is 9.18 Å². The van der Waals surface area contributed by atoms with Gasteiger partial charge in [0.05, 0.1) is 17.6 Å². The van der Waals surface area contributed by atoms with Crippen LogP contribution in [0.25, 0.3) is 0 Å². The van der Waals surface area contributed by atoms with Gasteiger partial charge in [0.25, 0.3) is 0 Å². The summed E-state index contributed by atoms with van der Waals surface area (Å²) in [6.45, 7) is 5.31. The van der Waals surface area contributed by atoms with E-state index in [1.807, 2.05) is 0 Å². The lowest BCUT2D eigenvalue weighted by Gasteiger charge is -2.19. The molecule has 3 heterocycles. The zero-order valence-corrected chi connectivity index (χ0v) is 17.4. The summed E-state index contributed by atoms with van der Waals surface area (Å²) in [6.07, 6.45) is 2.09. The maximum Gasteiger partial charge on any atom is 0.230 e. The van der Waals surface area contributed by atoms with Gasteiger partial charge in [0.2, 0.25) is 23.6 Å². The standard InChI is InChI=1S/C18H24FN5O4S/c1-11-6-13(28-16-7-15(20-10-21-16)27-5-4-26-3)8-24(11)9-14-17(19)23-18(29-14)22-12(2)25/h7,10-11,13H,4-6,8-9H2,1-3H3,(H,22,23,25)/t11-,13+/m0/s1. The third-order valence-electron chi connectivity index (χ3n) is 4.39. The predicted octanol–water partition coefficient (Wildman–Crippen LogP) is 2.10. The summed E-state index contributed by atoms with van der Waals surface area (Å²) in [5.74, 6) is 0.0308. The molecule has 158 valence electrons. The summed E-state index contributed by atoms with van der Waals surface area (Å²) < 4.78 is 30.5. The molecule has 0 aliphatic carbocycles. The number of hydrogen-bond donors (Lipinski definition) is 1. The number of amides is 1. The molecule has 0 saturated carbocycles. The van der Waals surface area contributed by atoms with Gasteiger partial charge in [-0.3, -0.25) is 9.69 Å². The number of aromatic nitrogens is 3. The molecule has 9 nitrogen and oxygen atoms in total. The van der Waals surface area contributed by atoms with E-state index in [1.54, 1.807) is 13.2 Å². The second-order valence-electron chi connectivity index (χ2n) is 6.70. The molecule has 1 saturated heterocycles. The molecule has 3 rings (SSSR count). The minimum absolute atomic E-state index is 0.0856. The Kier molecular flexibility index (Phi) is 7.29. The molecule has 2 atom stereocenters. The van der Waals surface area contributed by atoms with E-state index in [0.29, 0.717) is 42.9 Å². The van der Waals surface area contributed by atoms with Gasteiger partial charge in [0, 0.05) is 39.6 Å². The van der Waals surface area contributed by atoms with Crippen molar-refractivity contribution in [3.8, 4) is 11.8 Å². The first kappa shape index (κ1) is 21.3.